The molecule has 3 spiro atoms. The summed E-state index contributed by atoms with van der Waals surface area (Å²) in [6, 6.07) is 33.3. The Morgan fingerprint density at radius 2 is 0.727 bits per heavy atom. The lowest BCUT2D eigenvalue weighted by atomic mass is 9.73. The predicted molar refractivity (Wildman–Crippen MR) is 571 cm³/mol. The lowest BCUT2D eigenvalue weighted by Crippen LogP contribution is -2.60. The van der Waals surface area contributed by atoms with Gasteiger partial charge in [0, 0.05) is 185 Å². The van der Waals surface area contributed by atoms with Crippen molar-refractivity contribution in [1.29, 1.82) is 0 Å². The van der Waals surface area contributed by atoms with Gasteiger partial charge >= 0.3 is 0 Å². The van der Waals surface area contributed by atoms with Crippen LogP contribution in [0.25, 0.3) is 66.9 Å². The Morgan fingerprint density at radius 1 is 0.387 bits per heavy atom. The average molecular weight is 2030 g/mol. The van der Waals surface area contributed by atoms with Crippen molar-refractivity contribution in [2.24, 2.45) is 11.8 Å². The van der Waals surface area contributed by atoms with E-state index in [1.165, 1.54) is 109 Å². The molecule has 3 aromatic carbocycles. The van der Waals surface area contributed by atoms with Gasteiger partial charge in [0.15, 0.2) is 34.9 Å². The summed E-state index contributed by atoms with van der Waals surface area (Å²) in [4.78, 5) is 142. The number of aromatic nitrogens is 12. The van der Waals surface area contributed by atoms with E-state index >= 15 is 0 Å². The highest BCUT2D eigenvalue weighted by Gasteiger charge is 2.61. The third-order valence-electron chi connectivity index (χ3n) is 36.6. The SMILES string of the molecule is CC(=O)N1CCC2(CC1)C(=O)N(C1CC(N3C4CCCC3CC4)C1)c1cc(-c3cc4ncn(C(C)C)c4c(Nc4ccncc4F)n3)ccc12.CC(=O)N1CCC2(CC1)C(=O)N(C1CC(N3CCCCCC3)C1)c1cc(-c3cc4ncn(C(C)C)c4c(Nc4ccncc4F)n3)ccc12.CC(C)n1cnc2cc(-c3ccc4c(c3)N(C3CC(N5CC6CCC(C6)C5)C3)C(=O)C43CCN(C(=O)CO)CC3)nc(Nc3ccncc3F)c21. The smallest absolute Gasteiger partial charge is 0.248 e. The normalized spacial score (nSPS) is 24.6. The Bertz CT molecular complexity index is 7230. The van der Waals surface area contributed by atoms with Gasteiger partial charge in [-0.1, -0.05) is 55.7 Å². The fourth-order valence-electron chi connectivity index (χ4n) is 28.2. The van der Waals surface area contributed by atoms with Crippen LogP contribution >= 0.6 is 0 Å². The minimum absolute atomic E-state index is 0.0597. The number of anilines is 9. The number of aliphatic hydroxyl groups excluding tert-OH is 1. The van der Waals surface area contributed by atoms with Crippen LogP contribution in [-0.4, -0.2) is 249 Å². The molecule has 4 N–H and O–H groups in total. The lowest BCUT2D eigenvalue weighted by Gasteiger charge is -2.51. The number of benzene rings is 3. The molecule has 4 saturated carbocycles. The standard InChI is InChI=1S/C39H45FN8O3.C39H45FN8O2.C38H45FN8O2/c1-23(2)47-22-42-33-17-32(44-37(36(33)47)43-31-7-10-41-18-30(31)40)26-5-6-29-34(14-26)48(38(51)39(29)8-11-45(12-9-39)35(50)21-49)28-15-27(16-28)46-19-24-3-4-25(13-24)20-46;1-23(2)46-22-42-34-20-33(44-37(36(34)46)43-32-11-14-41-21-31(32)40)25-7-10-30-35(17-25)48(38(50)39(30)12-15-45(16-13-39)24(3)49)29-18-28(19-29)47-26-5-4-6-27(47)9-8-26;1-24(2)46-23-41-33-21-32(43-36(35(33)46)42-31-10-13-40-22-30(31)39)26-8-9-29-34(18-26)47(28-19-27(20-28)45-14-6-4-5-7-15-45)37(49)38(29)11-16-44(17-12-38)25(3)48/h5-7,10,14,17-18,22-25,27-28,49H,3-4,8-9,11-13,15-16,19-21H2,1-2H3,(H,41,43,44);7,10-11,14,17,20-23,26-29H,4-6,8-9,12-13,15-16,18-19H2,1-3H3,(H,41,43,44);8-10,13,18,21-24,27-28H,4-7,11-12,14-17,19-20H2,1-3H3,(H,40,42,43). The highest BCUT2D eigenvalue weighted by Crippen LogP contribution is 2.58. The predicted octanol–water partition coefficient (Wildman–Crippen LogP) is 18.7. The number of halogens is 3. The van der Waals surface area contributed by atoms with Crippen molar-refractivity contribution in [3.8, 4) is 33.8 Å². The summed E-state index contributed by atoms with van der Waals surface area (Å²) in [5.74, 6) is 2.05. The van der Waals surface area contributed by atoms with E-state index in [1.807, 2.05) is 47.8 Å². The summed E-state index contributed by atoms with van der Waals surface area (Å²) >= 11 is 0. The van der Waals surface area contributed by atoms with E-state index in [9.17, 15) is 47.0 Å². The van der Waals surface area contributed by atoms with E-state index in [2.05, 4.69) is 150 Å². The van der Waals surface area contributed by atoms with Crippen LogP contribution in [-0.2, 0) is 45.0 Å². The van der Waals surface area contributed by atoms with Crippen molar-refractivity contribution in [2.75, 3.05) is 103 Å². The van der Waals surface area contributed by atoms with Crippen LogP contribution in [0.1, 0.15) is 244 Å². The summed E-state index contributed by atoms with van der Waals surface area (Å²) in [5.41, 5.74) is 14.1. The number of hydrogen-bond donors (Lipinski definition) is 4. The number of nitrogens with one attached hydrogen (secondary N) is 3. The Balaban J connectivity index is 0.000000120. The van der Waals surface area contributed by atoms with Crippen LogP contribution in [0.2, 0.25) is 0 Å². The van der Waals surface area contributed by atoms with E-state index in [0.29, 0.717) is 143 Å². The second-order valence-electron chi connectivity index (χ2n) is 45.9. The number of carbonyl (C=O) groups excluding carboxylic acids is 6. The molecule has 150 heavy (non-hydrogen) atoms. The van der Waals surface area contributed by atoms with Gasteiger partial charge in [-0.2, -0.15) is 0 Å². The number of imidazole rings is 3. The third kappa shape index (κ3) is 17.4. The number of likely N-dealkylation sites (tertiary alicyclic amines) is 5. The number of fused-ring (bicyclic) bond motifs is 13. The van der Waals surface area contributed by atoms with Gasteiger partial charge in [0.05, 0.1) is 105 Å². The van der Waals surface area contributed by atoms with Crippen LogP contribution in [0, 0.1) is 29.3 Å². The third-order valence-corrected chi connectivity index (χ3v) is 36.6. The van der Waals surface area contributed by atoms with Gasteiger partial charge < -0.3 is 69.1 Å². The Hall–Kier alpha value is -13.2. The van der Waals surface area contributed by atoms with E-state index in [0.717, 1.165) is 147 Å². The molecule has 782 valence electrons. The lowest BCUT2D eigenvalue weighted by molar-refractivity contribution is -0.138. The molecule has 14 aliphatic rings. The van der Waals surface area contributed by atoms with Crippen LogP contribution in [0.3, 0.4) is 0 Å². The number of hydrogen-bond acceptors (Lipinski definition) is 22. The topological polar surface area (TPSA) is 319 Å². The first-order chi connectivity index (χ1) is 72.7. The molecule has 26 rings (SSSR count). The fourth-order valence-corrected chi connectivity index (χ4v) is 28.2. The zero-order valence-electron chi connectivity index (χ0n) is 87.0. The molecule has 12 aromatic rings. The maximum Gasteiger partial charge on any atom is 0.248 e. The number of aliphatic hydroxyl groups is 1. The van der Waals surface area contributed by atoms with Crippen LogP contribution in [0.15, 0.2) is 147 Å². The zero-order valence-corrected chi connectivity index (χ0v) is 87.0. The molecule has 7 saturated heterocycles. The number of piperidine rings is 5. The molecular formula is C116H135F3N24O7. The largest absolute Gasteiger partial charge is 0.387 e. The van der Waals surface area contributed by atoms with Gasteiger partial charge in [-0.15, -0.1) is 0 Å². The first-order valence-electron chi connectivity index (χ1n) is 55.0. The molecular weight excluding hydrogens is 1900 g/mol. The summed E-state index contributed by atoms with van der Waals surface area (Å²) in [6.07, 6.45) is 38.8. The first-order valence-corrected chi connectivity index (χ1v) is 55.0. The number of rotatable bonds is 19. The van der Waals surface area contributed by atoms with Gasteiger partial charge in [0.25, 0.3) is 0 Å². The van der Waals surface area contributed by atoms with Gasteiger partial charge in [0.2, 0.25) is 35.4 Å². The molecule has 4 unspecified atom stereocenters. The van der Waals surface area contributed by atoms with Crippen molar-refractivity contribution in [3.05, 3.63) is 181 Å². The Morgan fingerprint density at radius 3 is 1.06 bits per heavy atom. The van der Waals surface area contributed by atoms with E-state index < -0.39 is 40.3 Å². The van der Waals surface area contributed by atoms with Gasteiger partial charge in [0.1, 0.15) is 23.2 Å². The molecule has 0 radical (unpaired) electrons. The Kier molecular flexibility index (Phi) is 26.1. The molecule has 34 heteroatoms. The zero-order chi connectivity index (χ0) is 103. The quantitative estimate of drug-likeness (QED) is 0.0584. The molecule has 19 heterocycles. The number of carbonyl (C=O) groups is 6. The molecule has 9 aromatic heterocycles. The number of amides is 6. The van der Waals surface area contributed by atoms with E-state index in [1.54, 1.807) is 74.5 Å². The number of pyridine rings is 6. The summed E-state index contributed by atoms with van der Waals surface area (Å²) in [7, 11) is 0. The average Bonchev–Trinajstić information content (AvgIpc) is 1.56. The molecule has 4 bridgehead atoms. The highest BCUT2D eigenvalue weighted by atomic mass is 19.1. The highest BCUT2D eigenvalue weighted by molar-refractivity contribution is 6.12. The number of nitrogens with zero attached hydrogens (tertiary/aromatic N) is 21. The van der Waals surface area contributed by atoms with Crippen LogP contribution < -0.4 is 30.7 Å². The molecule has 10 aliphatic heterocycles. The van der Waals surface area contributed by atoms with Crippen LogP contribution in [0.5, 0.6) is 0 Å². The van der Waals surface area contributed by atoms with E-state index in [-0.39, 0.29) is 88.8 Å². The van der Waals surface area contributed by atoms with Crippen molar-refractivity contribution in [1.82, 2.24) is 88.0 Å². The first kappa shape index (κ1) is 98.8. The Labute approximate surface area is 872 Å². The van der Waals surface area contributed by atoms with E-state index in [4.69, 9.17) is 29.9 Å². The van der Waals surface area contributed by atoms with Crippen molar-refractivity contribution >= 4 is 120 Å². The second-order valence-corrected chi connectivity index (χ2v) is 45.9. The summed E-state index contributed by atoms with van der Waals surface area (Å²) in [6.45, 7) is 23.0. The molecule has 4 atom stereocenters. The van der Waals surface area contributed by atoms with Gasteiger partial charge in [-0.3, -0.25) is 53.5 Å². The van der Waals surface area contributed by atoms with Crippen molar-refractivity contribution < 1.29 is 47.0 Å². The minimum Gasteiger partial charge on any atom is -0.387 e. The maximum absolute atomic E-state index is 14.8. The monoisotopic (exact) mass is 2030 g/mol. The van der Waals surface area contributed by atoms with Gasteiger partial charge in [-0.25, -0.2) is 43.1 Å². The van der Waals surface area contributed by atoms with Crippen LogP contribution in [0.4, 0.5) is 64.7 Å². The van der Waals surface area contributed by atoms with Crippen molar-refractivity contribution in [2.45, 2.75) is 292 Å². The molecule has 11 fully saturated rings. The minimum atomic E-state index is -0.714. The second kappa shape index (κ2) is 39.6. The molecule has 31 nitrogen and oxygen atoms in total. The summed E-state index contributed by atoms with van der Waals surface area (Å²) in [5, 5.41) is 19.2. The fraction of sp³-hybridized carbons (Fsp3) is 0.509. The van der Waals surface area contributed by atoms with Crippen molar-refractivity contribution in [3.63, 3.8) is 0 Å². The molecule has 6 amide bonds. The maximum atomic E-state index is 14.8. The van der Waals surface area contributed by atoms with Gasteiger partial charge in [-0.05, 0) is 273 Å². The summed E-state index contributed by atoms with van der Waals surface area (Å²) < 4.78 is 50.5. The molecule has 4 aliphatic carbocycles.